The number of fused-ring (bicyclic) bond motifs is 1. The predicted molar refractivity (Wildman–Crippen MR) is 94.3 cm³/mol. The van der Waals surface area contributed by atoms with Gasteiger partial charge in [0.1, 0.15) is 0 Å². The van der Waals surface area contributed by atoms with Crippen LogP contribution in [0.5, 0.6) is 11.5 Å². The Morgan fingerprint density at radius 1 is 0.875 bits per heavy atom. The quantitative estimate of drug-likeness (QED) is 0.805. The third kappa shape index (κ3) is 3.67. The summed E-state index contributed by atoms with van der Waals surface area (Å²) in [4.78, 5) is -0.0277. The number of nitrogens with one attached hydrogen (secondary N) is 1. The molecule has 2 aromatic carbocycles. The van der Waals surface area contributed by atoms with Crippen molar-refractivity contribution in [2.75, 3.05) is 17.9 Å². The molecule has 1 aliphatic heterocycles. The van der Waals surface area contributed by atoms with Crippen molar-refractivity contribution in [2.45, 2.75) is 11.3 Å². The molecule has 0 atom stereocenters. The van der Waals surface area contributed by atoms with Crippen LogP contribution in [0.4, 0.5) is 5.69 Å². The van der Waals surface area contributed by atoms with Gasteiger partial charge in [0.15, 0.2) is 11.5 Å². The van der Waals surface area contributed by atoms with Gasteiger partial charge in [0.2, 0.25) is 0 Å². The van der Waals surface area contributed by atoms with E-state index in [1.54, 1.807) is 0 Å². The van der Waals surface area contributed by atoms with E-state index in [9.17, 15) is 8.42 Å². The fraction of sp³-hybridized carbons (Fsp3) is 0.200. The zero-order chi connectivity index (χ0) is 17.3. The lowest BCUT2D eigenvalue weighted by molar-refractivity contribution is 0.297. The smallest absolute Gasteiger partial charge is 0.261 e. The van der Waals surface area contributed by atoms with E-state index in [0.717, 1.165) is 6.42 Å². The van der Waals surface area contributed by atoms with Crippen LogP contribution in [0, 0.1) is 0 Å². The van der Waals surface area contributed by atoms with Crippen LogP contribution in [0.15, 0.2) is 35.2 Å². The lowest BCUT2D eigenvalue weighted by Crippen LogP contribution is -2.13. The van der Waals surface area contributed by atoms with Crippen LogP contribution in [0.1, 0.15) is 6.42 Å². The van der Waals surface area contributed by atoms with Crippen LogP contribution in [0.25, 0.3) is 0 Å². The van der Waals surface area contributed by atoms with Crippen LogP contribution in [-0.2, 0) is 10.0 Å². The van der Waals surface area contributed by atoms with Gasteiger partial charge in [-0.2, -0.15) is 0 Å². The number of halogens is 3. The van der Waals surface area contributed by atoms with Crippen LogP contribution in [0.2, 0.25) is 15.1 Å². The Morgan fingerprint density at radius 2 is 1.54 bits per heavy atom. The summed E-state index contributed by atoms with van der Waals surface area (Å²) in [6, 6.07) is 7.05. The highest BCUT2D eigenvalue weighted by Gasteiger charge is 2.20. The number of anilines is 1. The number of rotatable bonds is 3. The van der Waals surface area contributed by atoms with E-state index < -0.39 is 10.0 Å². The minimum atomic E-state index is -3.88. The number of sulfonamides is 1. The van der Waals surface area contributed by atoms with Gasteiger partial charge in [-0.05, 0) is 18.2 Å². The largest absolute Gasteiger partial charge is 0.490 e. The highest BCUT2D eigenvalue weighted by atomic mass is 35.5. The molecule has 0 radical (unpaired) electrons. The molecule has 24 heavy (non-hydrogen) atoms. The van der Waals surface area contributed by atoms with Crippen molar-refractivity contribution in [1.29, 1.82) is 0 Å². The van der Waals surface area contributed by atoms with Crippen LogP contribution in [0.3, 0.4) is 0 Å². The third-order valence-corrected chi connectivity index (χ3v) is 5.70. The van der Waals surface area contributed by atoms with Gasteiger partial charge in [0.05, 0.1) is 38.9 Å². The maximum atomic E-state index is 12.5. The minimum Gasteiger partial charge on any atom is -0.490 e. The zero-order valence-electron chi connectivity index (χ0n) is 12.2. The Kier molecular flexibility index (Phi) is 5.01. The molecule has 9 heteroatoms. The lowest BCUT2D eigenvalue weighted by atomic mass is 10.3. The molecule has 0 unspecified atom stereocenters. The number of hydrogen-bond donors (Lipinski definition) is 1. The number of ether oxygens (including phenoxy) is 2. The van der Waals surface area contributed by atoms with Gasteiger partial charge < -0.3 is 9.47 Å². The second-order valence-electron chi connectivity index (χ2n) is 5.01. The number of hydrogen-bond acceptors (Lipinski definition) is 4. The molecule has 0 bridgehead atoms. The molecule has 3 rings (SSSR count). The van der Waals surface area contributed by atoms with Crippen LogP contribution < -0.4 is 14.2 Å². The van der Waals surface area contributed by atoms with Gasteiger partial charge >= 0.3 is 0 Å². The molecule has 1 heterocycles. The third-order valence-electron chi connectivity index (χ3n) is 3.28. The summed E-state index contributed by atoms with van der Waals surface area (Å²) in [5, 5.41) is 0.608. The molecule has 0 saturated carbocycles. The topological polar surface area (TPSA) is 64.6 Å². The van der Waals surface area contributed by atoms with Crippen molar-refractivity contribution in [1.82, 2.24) is 0 Å². The Hall–Kier alpha value is -1.34. The first-order chi connectivity index (χ1) is 11.4. The molecule has 1 aliphatic rings. The van der Waals surface area contributed by atoms with Crippen molar-refractivity contribution in [2.24, 2.45) is 0 Å². The van der Waals surface area contributed by atoms with E-state index in [0.29, 0.717) is 24.7 Å². The predicted octanol–water partition coefficient (Wildman–Crippen LogP) is 4.61. The van der Waals surface area contributed by atoms with Crippen molar-refractivity contribution in [3.63, 3.8) is 0 Å². The summed E-state index contributed by atoms with van der Waals surface area (Å²) >= 11 is 17.8. The van der Waals surface area contributed by atoms with E-state index >= 15 is 0 Å². The first kappa shape index (κ1) is 17.5. The van der Waals surface area contributed by atoms with Gasteiger partial charge in [-0.3, -0.25) is 4.72 Å². The molecule has 2 aromatic rings. The Labute approximate surface area is 154 Å². The highest BCUT2D eigenvalue weighted by molar-refractivity contribution is 7.92. The summed E-state index contributed by atoms with van der Waals surface area (Å²) in [5.41, 5.74) is 0.187. The highest BCUT2D eigenvalue weighted by Crippen LogP contribution is 2.38. The summed E-state index contributed by atoms with van der Waals surface area (Å²) in [7, 11) is -3.88. The second kappa shape index (κ2) is 6.88. The van der Waals surface area contributed by atoms with Crippen molar-refractivity contribution in [3.05, 3.63) is 45.4 Å². The maximum Gasteiger partial charge on any atom is 0.261 e. The molecule has 0 spiro atoms. The molecular weight excluding hydrogens is 397 g/mol. The lowest BCUT2D eigenvalue weighted by Gasteiger charge is -2.14. The van der Waals surface area contributed by atoms with Crippen molar-refractivity contribution < 1.29 is 17.9 Å². The Morgan fingerprint density at radius 3 is 2.21 bits per heavy atom. The van der Waals surface area contributed by atoms with Gasteiger partial charge in [-0.1, -0.05) is 34.8 Å². The summed E-state index contributed by atoms with van der Waals surface area (Å²) < 4.78 is 38.5. The summed E-state index contributed by atoms with van der Waals surface area (Å²) in [6.07, 6.45) is 0.733. The van der Waals surface area contributed by atoms with Crippen molar-refractivity contribution >= 4 is 50.5 Å². The molecular formula is C15H12Cl3NO4S. The summed E-state index contributed by atoms with van der Waals surface area (Å²) in [5.74, 6) is 0.915. The molecule has 0 aromatic heterocycles. The standard InChI is InChI=1S/C15H12Cl3NO4S/c16-10-3-2-9(6-11(10)17)24(20,21)19-13-8-15-14(7-12(13)18)22-4-1-5-23-15/h2-3,6-8,19H,1,4-5H2. The molecule has 128 valence electrons. The second-order valence-corrected chi connectivity index (χ2v) is 7.91. The number of benzene rings is 2. The molecule has 0 amide bonds. The zero-order valence-corrected chi connectivity index (χ0v) is 15.3. The maximum absolute atomic E-state index is 12.5. The van der Waals surface area contributed by atoms with E-state index in [-0.39, 0.29) is 25.7 Å². The average molecular weight is 409 g/mol. The molecule has 1 N–H and O–H groups in total. The Bertz CT molecular complexity index is 887. The first-order valence-corrected chi connectivity index (χ1v) is 9.55. The normalized spacial score (nSPS) is 14.1. The molecule has 0 aliphatic carbocycles. The fourth-order valence-corrected chi connectivity index (χ4v) is 3.83. The van der Waals surface area contributed by atoms with E-state index in [1.807, 2.05) is 0 Å². The average Bonchev–Trinajstić information content (AvgIpc) is 2.75. The monoisotopic (exact) mass is 407 g/mol. The summed E-state index contributed by atoms with van der Waals surface area (Å²) in [6.45, 7) is 0.991. The van der Waals surface area contributed by atoms with Gasteiger partial charge in [-0.15, -0.1) is 0 Å². The SMILES string of the molecule is O=S(=O)(Nc1cc2c(cc1Cl)OCCCO2)c1ccc(Cl)c(Cl)c1. The van der Waals surface area contributed by atoms with E-state index in [4.69, 9.17) is 44.3 Å². The van der Waals surface area contributed by atoms with Gasteiger partial charge in [-0.25, -0.2) is 8.42 Å². The Balaban J connectivity index is 1.95. The minimum absolute atomic E-state index is 0.0277. The van der Waals surface area contributed by atoms with Crippen molar-refractivity contribution in [3.8, 4) is 11.5 Å². The molecule has 5 nitrogen and oxygen atoms in total. The molecule has 0 saturated heterocycles. The van der Waals surface area contributed by atoms with E-state index in [2.05, 4.69) is 4.72 Å². The van der Waals surface area contributed by atoms with Gasteiger partial charge in [0, 0.05) is 18.6 Å². The van der Waals surface area contributed by atoms with Gasteiger partial charge in [0.25, 0.3) is 10.0 Å². The fourth-order valence-electron chi connectivity index (χ4n) is 2.11. The van der Waals surface area contributed by atoms with Crippen LogP contribution in [-0.4, -0.2) is 21.6 Å². The molecule has 0 fully saturated rings. The van der Waals surface area contributed by atoms with Crippen LogP contribution >= 0.6 is 34.8 Å². The first-order valence-electron chi connectivity index (χ1n) is 6.94. The van der Waals surface area contributed by atoms with E-state index in [1.165, 1.54) is 30.3 Å².